The zero-order valence-corrected chi connectivity index (χ0v) is 15.8. The predicted octanol–water partition coefficient (Wildman–Crippen LogP) is 4.39. The molecule has 2 aliphatic rings. The lowest BCUT2D eigenvalue weighted by Gasteiger charge is -2.28. The quantitative estimate of drug-likeness (QED) is 0.676. The van der Waals surface area contributed by atoms with Gasteiger partial charge in [0.1, 0.15) is 17.6 Å². The Morgan fingerprint density at radius 2 is 1.21 bits per heavy atom. The molecule has 0 amide bonds. The van der Waals surface area contributed by atoms with Crippen molar-refractivity contribution in [1.29, 1.82) is 0 Å². The van der Waals surface area contributed by atoms with E-state index in [9.17, 15) is 9.90 Å². The van der Waals surface area contributed by atoms with Crippen molar-refractivity contribution in [2.75, 3.05) is 6.61 Å². The first-order valence-electron chi connectivity index (χ1n) is 9.88. The van der Waals surface area contributed by atoms with E-state index in [1.165, 1.54) is 0 Å². The number of rotatable bonds is 4. The average molecular weight is 386 g/mol. The van der Waals surface area contributed by atoms with Gasteiger partial charge in [-0.1, -0.05) is 91.0 Å². The summed E-state index contributed by atoms with van der Waals surface area (Å²) in [6.07, 6.45) is -1.43. The zero-order valence-electron chi connectivity index (χ0n) is 15.8. The van der Waals surface area contributed by atoms with E-state index < -0.39 is 23.6 Å². The van der Waals surface area contributed by atoms with Crippen molar-refractivity contribution in [2.24, 2.45) is 11.3 Å². The van der Waals surface area contributed by atoms with Crippen LogP contribution in [-0.2, 0) is 14.3 Å². The van der Waals surface area contributed by atoms with E-state index >= 15 is 0 Å². The molecule has 4 heteroatoms. The van der Waals surface area contributed by atoms with Gasteiger partial charge in [-0.15, -0.1) is 0 Å². The van der Waals surface area contributed by atoms with Crippen molar-refractivity contribution in [2.45, 2.75) is 18.3 Å². The molecule has 0 radical (unpaired) electrons. The van der Waals surface area contributed by atoms with Gasteiger partial charge >= 0.3 is 5.97 Å². The Morgan fingerprint density at radius 3 is 1.72 bits per heavy atom. The predicted molar refractivity (Wildman–Crippen MR) is 108 cm³/mol. The summed E-state index contributed by atoms with van der Waals surface area (Å²) in [7, 11) is 0. The summed E-state index contributed by atoms with van der Waals surface area (Å²) in [5.74, 6) is -0.735. The van der Waals surface area contributed by atoms with Crippen LogP contribution in [0.2, 0.25) is 0 Å². The Morgan fingerprint density at radius 1 is 0.724 bits per heavy atom. The number of carbonyl (C=O) groups excluding carboxylic acids is 1. The molecule has 29 heavy (non-hydrogen) atoms. The number of ether oxygens (including phenoxy) is 2. The van der Waals surface area contributed by atoms with Gasteiger partial charge in [-0.05, 0) is 16.7 Å². The van der Waals surface area contributed by atoms with E-state index in [-0.39, 0.29) is 18.6 Å². The molecule has 0 aliphatic carbocycles. The molecule has 146 valence electrons. The smallest absolute Gasteiger partial charge is 0.318 e. The van der Waals surface area contributed by atoms with E-state index in [1.54, 1.807) is 0 Å². The van der Waals surface area contributed by atoms with Gasteiger partial charge in [-0.25, -0.2) is 0 Å². The van der Waals surface area contributed by atoms with Gasteiger partial charge in [0.25, 0.3) is 0 Å². The van der Waals surface area contributed by atoms with Crippen LogP contribution in [0.5, 0.6) is 0 Å². The van der Waals surface area contributed by atoms with Gasteiger partial charge in [0.2, 0.25) is 0 Å². The number of fused-ring (bicyclic) bond motifs is 1. The molecule has 5 atom stereocenters. The van der Waals surface area contributed by atoms with E-state index in [4.69, 9.17) is 9.47 Å². The van der Waals surface area contributed by atoms with Gasteiger partial charge in [0, 0.05) is 0 Å². The molecule has 1 N–H and O–H groups in total. The normalized spacial score (nSPS) is 30.7. The van der Waals surface area contributed by atoms with Crippen LogP contribution in [0.25, 0.3) is 0 Å². The number of aliphatic hydroxyl groups is 1. The number of cyclic esters (lactones) is 1. The van der Waals surface area contributed by atoms with Crippen LogP contribution in [0.3, 0.4) is 0 Å². The van der Waals surface area contributed by atoms with Crippen molar-refractivity contribution in [3.05, 3.63) is 108 Å². The summed E-state index contributed by atoms with van der Waals surface area (Å²) in [6, 6.07) is 29.3. The fourth-order valence-electron chi connectivity index (χ4n) is 4.87. The molecule has 3 aromatic carbocycles. The van der Waals surface area contributed by atoms with Gasteiger partial charge < -0.3 is 14.6 Å². The fraction of sp³-hybridized carbons (Fsp3) is 0.240. The number of hydrogen-bond acceptors (Lipinski definition) is 4. The molecule has 4 nitrogen and oxygen atoms in total. The van der Waals surface area contributed by atoms with Crippen molar-refractivity contribution < 1.29 is 19.4 Å². The van der Waals surface area contributed by atoms with Crippen LogP contribution in [0, 0.1) is 11.3 Å². The summed E-state index contributed by atoms with van der Waals surface area (Å²) in [6.45, 7) is -0.331. The second-order valence-electron chi connectivity index (χ2n) is 7.72. The Kier molecular flexibility index (Phi) is 4.46. The van der Waals surface area contributed by atoms with E-state index in [2.05, 4.69) is 0 Å². The summed E-state index contributed by atoms with van der Waals surface area (Å²) >= 11 is 0. The molecule has 0 saturated carbocycles. The molecule has 2 fully saturated rings. The topological polar surface area (TPSA) is 55.8 Å². The highest BCUT2D eigenvalue weighted by Gasteiger charge is 2.69. The van der Waals surface area contributed by atoms with E-state index in [0.29, 0.717) is 0 Å². The number of esters is 1. The maximum absolute atomic E-state index is 13.3. The van der Waals surface area contributed by atoms with Crippen LogP contribution in [0.4, 0.5) is 0 Å². The van der Waals surface area contributed by atoms with Crippen LogP contribution in [0.15, 0.2) is 91.0 Å². The lowest BCUT2D eigenvalue weighted by Crippen LogP contribution is -2.39. The molecule has 0 aromatic heterocycles. The van der Waals surface area contributed by atoms with Gasteiger partial charge in [0.15, 0.2) is 0 Å². The lowest BCUT2D eigenvalue weighted by molar-refractivity contribution is -0.157. The number of benzene rings is 3. The van der Waals surface area contributed by atoms with Crippen molar-refractivity contribution >= 4 is 5.97 Å². The number of aliphatic hydroxyl groups excluding tert-OH is 1. The molecule has 0 spiro atoms. The third kappa shape index (κ3) is 2.71. The highest BCUT2D eigenvalue weighted by molar-refractivity contribution is 5.82. The minimum atomic E-state index is -1.15. The van der Waals surface area contributed by atoms with Crippen LogP contribution < -0.4 is 0 Å². The standard InChI is InChI=1S/C25H22O4/c26-16-25-20(22(29-24(25)27)18-12-6-2-7-13-18)21(17-10-4-1-5-11-17)28-23(25)19-14-8-3-9-15-19/h1-15,20-23,26H,16H2/t20-,21-,22-,23+,25+/m1/s1. The number of hydrogen-bond donors (Lipinski definition) is 1. The second-order valence-corrected chi connectivity index (χ2v) is 7.72. The first kappa shape index (κ1) is 18.1. The average Bonchev–Trinajstić information content (AvgIpc) is 3.29. The third-order valence-electron chi connectivity index (χ3n) is 6.23. The maximum Gasteiger partial charge on any atom is 0.318 e. The van der Waals surface area contributed by atoms with Gasteiger partial charge in [0.05, 0.1) is 18.6 Å². The van der Waals surface area contributed by atoms with Gasteiger partial charge in [-0.3, -0.25) is 4.79 Å². The molecule has 2 saturated heterocycles. The molecule has 0 bridgehead atoms. The maximum atomic E-state index is 13.3. The Labute approximate surface area is 169 Å². The molecule has 0 unspecified atom stereocenters. The van der Waals surface area contributed by atoms with Crippen molar-refractivity contribution in [3.8, 4) is 0 Å². The molecule has 5 rings (SSSR count). The highest BCUT2D eigenvalue weighted by atomic mass is 16.6. The van der Waals surface area contributed by atoms with Crippen LogP contribution in [0.1, 0.15) is 35.0 Å². The minimum Gasteiger partial charge on any atom is -0.456 e. The van der Waals surface area contributed by atoms with Crippen LogP contribution >= 0.6 is 0 Å². The van der Waals surface area contributed by atoms with Crippen molar-refractivity contribution in [3.63, 3.8) is 0 Å². The minimum absolute atomic E-state index is 0.331. The summed E-state index contributed by atoms with van der Waals surface area (Å²) in [4.78, 5) is 13.3. The van der Waals surface area contributed by atoms with Crippen molar-refractivity contribution in [1.82, 2.24) is 0 Å². The molecule has 2 aliphatic heterocycles. The third-order valence-corrected chi connectivity index (χ3v) is 6.23. The SMILES string of the molecule is O=C1O[C@H](c2ccccc2)[C@H]2[C@@H](c3ccccc3)O[C@@H](c3ccccc3)[C@@]12CO. The summed E-state index contributed by atoms with van der Waals surface area (Å²) < 4.78 is 12.5. The summed E-state index contributed by atoms with van der Waals surface area (Å²) in [5, 5.41) is 10.6. The summed E-state index contributed by atoms with van der Waals surface area (Å²) in [5.41, 5.74) is 1.62. The fourth-order valence-corrected chi connectivity index (χ4v) is 4.87. The second kappa shape index (κ2) is 7.14. The monoisotopic (exact) mass is 386 g/mol. The molecule has 2 heterocycles. The Balaban J connectivity index is 1.68. The zero-order chi connectivity index (χ0) is 19.8. The molecule has 3 aromatic rings. The Hall–Kier alpha value is -2.95. The first-order valence-corrected chi connectivity index (χ1v) is 9.88. The van der Waals surface area contributed by atoms with Gasteiger partial charge in [-0.2, -0.15) is 0 Å². The molecular formula is C25H22O4. The van der Waals surface area contributed by atoms with E-state index in [1.807, 2.05) is 91.0 Å². The Bertz CT molecular complexity index is 989. The highest BCUT2D eigenvalue weighted by Crippen LogP contribution is 2.65. The van der Waals surface area contributed by atoms with E-state index in [0.717, 1.165) is 16.7 Å². The first-order chi connectivity index (χ1) is 14.3. The molecular weight excluding hydrogens is 364 g/mol. The largest absolute Gasteiger partial charge is 0.456 e. The van der Waals surface area contributed by atoms with Crippen LogP contribution in [-0.4, -0.2) is 17.7 Å². The lowest BCUT2D eigenvalue weighted by atomic mass is 9.68. The number of carbonyl (C=O) groups is 1.